The number of ether oxygens (including phenoxy) is 1. The van der Waals surface area contributed by atoms with Crippen LogP contribution in [0.3, 0.4) is 0 Å². The minimum atomic E-state index is -0.194. The molecule has 0 amide bonds. The quantitative estimate of drug-likeness (QED) is 0.355. The Balaban J connectivity index is 1.51. The van der Waals surface area contributed by atoms with Gasteiger partial charge in [-0.2, -0.15) is 0 Å². The predicted molar refractivity (Wildman–Crippen MR) is 134 cm³/mol. The SMILES string of the molecule is CC(=O)O[C@@H]1CC[C@@]2(C)[C@@H](CC[C@H]3[C@H]2[C@H](O)C[C@]2(C)[C@@H]3CC[C@H]2[C@H](C)/C=C/[C@H](C)C(C)C)C1. The maximum absolute atomic E-state index is 11.7. The smallest absolute Gasteiger partial charge is 0.302 e. The summed E-state index contributed by atoms with van der Waals surface area (Å²) in [6, 6.07) is 0. The lowest BCUT2D eigenvalue weighted by atomic mass is 9.43. The van der Waals surface area contributed by atoms with Crippen molar-refractivity contribution in [1.82, 2.24) is 0 Å². The lowest BCUT2D eigenvalue weighted by Crippen LogP contribution is -2.59. The van der Waals surface area contributed by atoms with Crippen molar-refractivity contribution in [3.05, 3.63) is 12.2 Å². The van der Waals surface area contributed by atoms with Gasteiger partial charge >= 0.3 is 5.97 Å². The van der Waals surface area contributed by atoms with E-state index >= 15 is 0 Å². The van der Waals surface area contributed by atoms with Crippen LogP contribution in [0.25, 0.3) is 0 Å². The van der Waals surface area contributed by atoms with Gasteiger partial charge in [-0.15, -0.1) is 0 Å². The van der Waals surface area contributed by atoms with E-state index in [9.17, 15) is 9.90 Å². The van der Waals surface area contributed by atoms with Crippen LogP contribution >= 0.6 is 0 Å². The van der Waals surface area contributed by atoms with E-state index < -0.39 is 0 Å². The molecule has 4 aliphatic carbocycles. The molecule has 0 aromatic heterocycles. The van der Waals surface area contributed by atoms with Crippen LogP contribution in [0.4, 0.5) is 0 Å². The Hall–Kier alpha value is -0.830. The van der Waals surface area contributed by atoms with E-state index in [1.807, 2.05) is 0 Å². The molecule has 3 nitrogen and oxygen atoms in total. The number of fused-ring (bicyclic) bond motifs is 5. The zero-order valence-corrected chi connectivity index (χ0v) is 22.3. The summed E-state index contributed by atoms with van der Waals surface area (Å²) in [5, 5.41) is 11.7. The summed E-state index contributed by atoms with van der Waals surface area (Å²) in [5.41, 5.74) is 0.445. The van der Waals surface area contributed by atoms with Gasteiger partial charge in [-0.05, 0) is 110 Å². The predicted octanol–water partition coefficient (Wildman–Crippen LogP) is 7.03. The van der Waals surface area contributed by atoms with Gasteiger partial charge < -0.3 is 9.84 Å². The molecule has 0 heterocycles. The van der Waals surface area contributed by atoms with Gasteiger partial charge in [-0.25, -0.2) is 0 Å². The maximum Gasteiger partial charge on any atom is 0.302 e. The van der Waals surface area contributed by atoms with Crippen molar-refractivity contribution in [2.75, 3.05) is 0 Å². The van der Waals surface area contributed by atoms with Gasteiger partial charge in [-0.3, -0.25) is 4.79 Å². The molecule has 33 heavy (non-hydrogen) atoms. The number of rotatable bonds is 5. The average molecular weight is 459 g/mol. The maximum atomic E-state index is 11.7. The van der Waals surface area contributed by atoms with Gasteiger partial charge in [0.1, 0.15) is 6.10 Å². The Morgan fingerprint density at radius 2 is 1.73 bits per heavy atom. The third kappa shape index (κ3) is 4.45. The van der Waals surface area contributed by atoms with E-state index in [1.165, 1.54) is 32.6 Å². The Bertz CT molecular complexity index is 743. The lowest BCUT2D eigenvalue weighted by molar-refractivity contribution is -0.185. The Labute approximate surface area is 203 Å². The summed E-state index contributed by atoms with van der Waals surface area (Å²) in [6.07, 6.45) is 14.0. The highest BCUT2D eigenvalue weighted by molar-refractivity contribution is 5.66. The molecule has 188 valence electrons. The summed E-state index contributed by atoms with van der Waals surface area (Å²) < 4.78 is 5.62. The molecule has 0 bridgehead atoms. The van der Waals surface area contributed by atoms with E-state index in [0.29, 0.717) is 41.4 Å². The molecule has 0 radical (unpaired) electrons. The van der Waals surface area contributed by atoms with Crippen LogP contribution in [0.5, 0.6) is 0 Å². The molecule has 0 aromatic rings. The highest BCUT2D eigenvalue weighted by atomic mass is 16.5. The molecule has 0 spiro atoms. The fourth-order valence-corrected chi connectivity index (χ4v) is 9.29. The number of allylic oxidation sites excluding steroid dienone is 2. The fraction of sp³-hybridized carbons (Fsp3) is 0.900. The van der Waals surface area contributed by atoms with Crippen molar-refractivity contribution in [2.45, 2.75) is 112 Å². The molecule has 0 saturated heterocycles. The van der Waals surface area contributed by atoms with Gasteiger partial charge in [0.2, 0.25) is 0 Å². The highest BCUT2D eigenvalue weighted by Crippen LogP contribution is 2.68. The summed E-state index contributed by atoms with van der Waals surface area (Å²) in [6.45, 7) is 15.9. The summed E-state index contributed by atoms with van der Waals surface area (Å²) in [7, 11) is 0. The minimum absolute atomic E-state index is 0.0832. The van der Waals surface area contributed by atoms with Gasteiger partial charge in [0, 0.05) is 6.92 Å². The van der Waals surface area contributed by atoms with Crippen LogP contribution in [0.15, 0.2) is 12.2 Å². The molecular weight excluding hydrogens is 408 g/mol. The molecule has 0 aliphatic heterocycles. The van der Waals surface area contributed by atoms with E-state index in [2.05, 4.69) is 53.7 Å². The first kappa shape index (κ1) is 25.3. The topological polar surface area (TPSA) is 46.5 Å². The molecule has 11 atom stereocenters. The first-order valence-corrected chi connectivity index (χ1v) is 14.0. The first-order valence-electron chi connectivity index (χ1n) is 14.0. The lowest BCUT2D eigenvalue weighted by Gasteiger charge is -2.62. The van der Waals surface area contributed by atoms with Gasteiger partial charge in [-0.1, -0.05) is 53.7 Å². The second-order valence-electron chi connectivity index (χ2n) is 13.4. The molecule has 4 saturated carbocycles. The van der Waals surface area contributed by atoms with Gasteiger partial charge in [0.05, 0.1) is 6.10 Å². The van der Waals surface area contributed by atoms with Crippen LogP contribution in [0, 0.1) is 58.2 Å². The fourth-order valence-electron chi connectivity index (χ4n) is 9.29. The van der Waals surface area contributed by atoms with Gasteiger partial charge in [0.25, 0.3) is 0 Å². The molecule has 4 aliphatic rings. The van der Waals surface area contributed by atoms with E-state index in [-0.39, 0.29) is 29.0 Å². The van der Waals surface area contributed by atoms with Crippen LogP contribution in [-0.4, -0.2) is 23.3 Å². The molecule has 3 heteroatoms. The molecular formula is C30H50O3. The van der Waals surface area contributed by atoms with E-state index in [4.69, 9.17) is 4.74 Å². The number of esters is 1. The van der Waals surface area contributed by atoms with Crippen molar-refractivity contribution < 1.29 is 14.6 Å². The summed E-state index contributed by atoms with van der Waals surface area (Å²) >= 11 is 0. The van der Waals surface area contributed by atoms with Crippen molar-refractivity contribution in [3.63, 3.8) is 0 Å². The number of hydrogen-bond acceptors (Lipinski definition) is 3. The Kier molecular flexibility index (Phi) is 7.14. The zero-order chi connectivity index (χ0) is 24.1. The minimum Gasteiger partial charge on any atom is -0.463 e. The number of hydrogen-bond donors (Lipinski definition) is 1. The molecule has 1 N–H and O–H groups in total. The molecule has 0 unspecified atom stereocenters. The van der Waals surface area contributed by atoms with Crippen molar-refractivity contribution >= 4 is 5.97 Å². The van der Waals surface area contributed by atoms with Gasteiger partial charge in [0.15, 0.2) is 0 Å². The van der Waals surface area contributed by atoms with Crippen LogP contribution in [0.2, 0.25) is 0 Å². The number of aliphatic hydroxyl groups excluding tert-OH is 1. The monoisotopic (exact) mass is 458 g/mol. The van der Waals surface area contributed by atoms with Crippen molar-refractivity contribution in [3.8, 4) is 0 Å². The van der Waals surface area contributed by atoms with Crippen LogP contribution in [-0.2, 0) is 9.53 Å². The first-order chi connectivity index (χ1) is 15.5. The average Bonchev–Trinajstić information content (AvgIpc) is 3.07. The standard InChI is InChI=1S/C30H50O3/c1-18(2)19(3)8-9-20(4)25-12-13-26-24-11-10-22-16-23(33-21(5)31)14-15-29(22,6)28(24)27(32)17-30(25,26)7/h8-9,18-20,22-28,32H,10-17H2,1-7H3/b9-8+/t19-,20+,22-,23+,24+,25-,26+,27+,28-,29-,30-/m0/s1. The van der Waals surface area contributed by atoms with E-state index in [1.54, 1.807) is 0 Å². The number of carbonyl (C=O) groups is 1. The Morgan fingerprint density at radius 1 is 1.00 bits per heavy atom. The second kappa shape index (κ2) is 9.32. The molecule has 0 aromatic carbocycles. The van der Waals surface area contributed by atoms with Crippen molar-refractivity contribution in [1.29, 1.82) is 0 Å². The number of aliphatic hydroxyl groups is 1. The normalized spacial score (nSPS) is 47.0. The summed E-state index contributed by atoms with van der Waals surface area (Å²) in [4.78, 5) is 11.5. The third-order valence-electron chi connectivity index (χ3n) is 11.4. The molecule has 4 rings (SSSR count). The van der Waals surface area contributed by atoms with Crippen LogP contribution < -0.4 is 0 Å². The van der Waals surface area contributed by atoms with Crippen molar-refractivity contribution in [2.24, 2.45) is 58.2 Å². The highest BCUT2D eigenvalue weighted by Gasteiger charge is 2.63. The third-order valence-corrected chi connectivity index (χ3v) is 11.4. The number of carbonyl (C=O) groups excluding carboxylic acids is 1. The summed E-state index contributed by atoms with van der Waals surface area (Å²) in [5.74, 6) is 4.81. The second-order valence-corrected chi connectivity index (χ2v) is 13.4. The Morgan fingerprint density at radius 3 is 2.39 bits per heavy atom. The van der Waals surface area contributed by atoms with E-state index in [0.717, 1.165) is 31.6 Å². The zero-order valence-electron chi connectivity index (χ0n) is 22.3. The molecule has 4 fully saturated rings. The largest absolute Gasteiger partial charge is 0.463 e. The van der Waals surface area contributed by atoms with Crippen LogP contribution in [0.1, 0.15) is 99.8 Å².